The van der Waals surface area contributed by atoms with Crippen molar-refractivity contribution in [3.8, 4) is 5.69 Å². The standard InChI is InChI=1S/C32H34F2N4O/c33-27-13-9-25(10-14-27)29(26-11-15-28(34)16-12-26)6-5-17-36-20-22-37(23-21-36)24-32(39)35-30-7-1-2-8-31(30)38-18-3-4-19-38/h1-4,7-16,18-19,29H,5-6,17,20-24H2,(H,35,39). The van der Waals surface area contributed by atoms with E-state index in [1.54, 1.807) is 0 Å². The number of amides is 1. The zero-order chi connectivity index (χ0) is 27.0. The number of halogens is 2. The maximum absolute atomic E-state index is 13.5. The molecule has 0 radical (unpaired) electrons. The molecule has 0 saturated carbocycles. The summed E-state index contributed by atoms with van der Waals surface area (Å²) in [6.07, 6.45) is 5.79. The molecule has 0 aliphatic carbocycles. The number of hydrogen-bond acceptors (Lipinski definition) is 3. The van der Waals surface area contributed by atoms with Crippen LogP contribution >= 0.6 is 0 Å². The van der Waals surface area contributed by atoms with Gasteiger partial charge >= 0.3 is 0 Å². The van der Waals surface area contributed by atoms with E-state index in [2.05, 4.69) is 15.1 Å². The normalized spacial score (nSPS) is 14.5. The fourth-order valence-electron chi connectivity index (χ4n) is 5.30. The second-order valence-electron chi connectivity index (χ2n) is 10.1. The van der Waals surface area contributed by atoms with Crippen LogP contribution in [0.5, 0.6) is 0 Å². The zero-order valence-corrected chi connectivity index (χ0v) is 22.0. The van der Waals surface area contributed by atoms with Crippen LogP contribution in [0.3, 0.4) is 0 Å². The molecule has 2 heterocycles. The third-order valence-corrected chi connectivity index (χ3v) is 7.40. The Morgan fingerprint density at radius 2 is 1.31 bits per heavy atom. The van der Waals surface area contributed by atoms with Crippen LogP contribution in [0.25, 0.3) is 5.69 Å². The molecule has 1 saturated heterocycles. The predicted molar refractivity (Wildman–Crippen MR) is 151 cm³/mol. The summed E-state index contributed by atoms with van der Waals surface area (Å²) in [5.41, 5.74) is 3.82. The van der Waals surface area contributed by atoms with Crippen molar-refractivity contribution in [1.82, 2.24) is 14.4 Å². The minimum atomic E-state index is -0.256. The molecule has 1 N–H and O–H groups in total. The maximum atomic E-state index is 13.5. The Labute approximate surface area is 228 Å². The lowest BCUT2D eigenvalue weighted by atomic mass is 9.87. The maximum Gasteiger partial charge on any atom is 0.238 e. The second kappa shape index (κ2) is 12.8. The lowest BCUT2D eigenvalue weighted by Crippen LogP contribution is -2.48. The van der Waals surface area contributed by atoms with Gasteiger partial charge in [-0.1, -0.05) is 36.4 Å². The van der Waals surface area contributed by atoms with Crippen molar-refractivity contribution in [2.75, 3.05) is 44.6 Å². The number of piperazine rings is 1. The van der Waals surface area contributed by atoms with E-state index in [-0.39, 0.29) is 23.5 Å². The van der Waals surface area contributed by atoms with Gasteiger partial charge in [0.2, 0.25) is 5.91 Å². The molecule has 5 rings (SSSR count). The molecule has 0 spiro atoms. The Morgan fingerprint density at radius 3 is 1.92 bits per heavy atom. The van der Waals surface area contributed by atoms with E-state index >= 15 is 0 Å². The summed E-state index contributed by atoms with van der Waals surface area (Å²) in [4.78, 5) is 17.5. The summed E-state index contributed by atoms with van der Waals surface area (Å²) < 4.78 is 29.0. The minimum Gasteiger partial charge on any atom is -0.323 e. The van der Waals surface area contributed by atoms with E-state index in [1.165, 1.54) is 24.3 Å². The van der Waals surface area contributed by atoms with Crippen LogP contribution < -0.4 is 5.32 Å². The first-order valence-corrected chi connectivity index (χ1v) is 13.5. The summed E-state index contributed by atoms with van der Waals surface area (Å²) in [5, 5.41) is 3.08. The molecule has 1 fully saturated rings. The first-order chi connectivity index (χ1) is 19.0. The molecule has 7 heteroatoms. The van der Waals surface area contributed by atoms with Gasteiger partial charge in [-0.3, -0.25) is 9.69 Å². The monoisotopic (exact) mass is 528 g/mol. The quantitative estimate of drug-likeness (QED) is 0.278. The highest BCUT2D eigenvalue weighted by Crippen LogP contribution is 2.30. The molecule has 1 aromatic heterocycles. The van der Waals surface area contributed by atoms with Gasteiger partial charge in [0, 0.05) is 44.5 Å². The van der Waals surface area contributed by atoms with Gasteiger partial charge in [0.15, 0.2) is 0 Å². The van der Waals surface area contributed by atoms with Gasteiger partial charge < -0.3 is 14.8 Å². The highest BCUT2D eigenvalue weighted by Gasteiger charge is 2.21. The fourth-order valence-corrected chi connectivity index (χ4v) is 5.30. The Kier molecular flexibility index (Phi) is 8.81. The van der Waals surface area contributed by atoms with E-state index in [0.717, 1.165) is 68.1 Å². The minimum absolute atomic E-state index is 0.00973. The molecule has 3 aromatic carbocycles. The predicted octanol–water partition coefficient (Wildman–Crippen LogP) is 5.92. The third-order valence-electron chi connectivity index (χ3n) is 7.40. The molecular weight excluding hydrogens is 494 g/mol. The van der Waals surface area contributed by atoms with Crippen molar-refractivity contribution in [1.29, 1.82) is 0 Å². The number of nitrogens with zero attached hydrogens (tertiary/aromatic N) is 3. The highest BCUT2D eigenvalue weighted by molar-refractivity contribution is 5.94. The average molecular weight is 529 g/mol. The summed E-state index contributed by atoms with van der Waals surface area (Å²) in [6, 6.07) is 25.0. The molecule has 0 unspecified atom stereocenters. The first-order valence-electron chi connectivity index (χ1n) is 13.5. The number of aromatic nitrogens is 1. The van der Waals surface area contributed by atoms with Crippen LogP contribution in [0.1, 0.15) is 29.9 Å². The van der Waals surface area contributed by atoms with Crippen molar-refractivity contribution < 1.29 is 13.6 Å². The summed E-state index contributed by atoms with van der Waals surface area (Å²) in [7, 11) is 0. The van der Waals surface area contributed by atoms with Crippen LogP contribution in [-0.4, -0.2) is 59.5 Å². The van der Waals surface area contributed by atoms with Crippen molar-refractivity contribution in [2.45, 2.75) is 18.8 Å². The molecule has 0 bridgehead atoms. The Morgan fingerprint density at radius 1 is 0.744 bits per heavy atom. The number of hydrogen-bond donors (Lipinski definition) is 1. The van der Waals surface area contributed by atoms with Gasteiger partial charge in [-0.15, -0.1) is 0 Å². The molecule has 1 aliphatic rings. The summed E-state index contributed by atoms with van der Waals surface area (Å²) in [5.74, 6) is -0.434. The molecule has 39 heavy (non-hydrogen) atoms. The Hall–Kier alpha value is -3.81. The molecule has 5 nitrogen and oxygen atoms in total. The second-order valence-corrected chi connectivity index (χ2v) is 10.1. The van der Waals surface area contributed by atoms with Crippen LogP contribution in [0.4, 0.5) is 14.5 Å². The zero-order valence-electron chi connectivity index (χ0n) is 22.0. The van der Waals surface area contributed by atoms with E-state index in [0.29, 0.717) is 6.54 Å². The third kappa shape index (κ3) is 7.19. The number of carbonyl (C=O) groups is 1. The largest absolute Gasteiger partial charge is 0.323 e. The van der Waals surface area contributed by atoms with Crippen LogP contribution in [0.2, 0.25) is 0 Å². The van der Waals surface area contributed by atoms with Gasteiger partial charge in [0.25, 0.3) is 0 Å². The average Bonchev–Trinajstić information content (AvgIpc) is 3.49. The number of nitrogens with one attached hydrogen (secondary N) is 1. The Balaban J connectivity index is 1.10. The van der Waals surface area contributed by atoms with Crippen molar-refractivity contribution in [2.24, 2.45) is 0 Å². The van der Waals surface area contributed by atoms with Gasteiger partial charge in [-0.25, -0.2) is 8.78 Å². The summed E-state index contributed by atoms with van der Waals surface area (Å²) >= 11 is 0. The molecule has 1 aliphatic heterocycles. The molecule has 4 aromatic rings. The van der Waals surface area contributed by atoms with E-state index < -0.39 is 0 Å². The lowest BCUT2D eigenvalue weighted by molar-refractivity contribution is -0.117. The smallest absolute Gasteiger partial charge is 0.238 e. The van der Waals surface area contributed by atoms with E-state index in [4.69, 9.17) is 0 Å². The number of carbonyl (C=O) groups excluding carboxylic acids is 1. The highest BCUT2D eigenvalue weighted by atomic mass is 19.1. The molecular formula is C32H34F2N4O. The van der Waals surface area contributed by atoms with Crippen molar-refractivity contribution >= 4 is 11.6 Å². The van der Waals surface area contributed by atoms with Crippen molar-refractivity contribution in [3.63, 3.8) is 0 Å². The first kappa shape index (κ1) is 26.8. The van der Waals surface area contributed by atoms with Crippen LogP contribution in [0.15, 0.2) is 97.3 Å². The molecule has 202 valence electrons. The topological polar surface area (TPSA) is 40.5 Å². The number of para-hydroxylation sites is 2. The van der Waals surface area contributed by atoms with Crippen LogP contribution in [-0.2, 0) is 4.79 Å². The van der Waals surface area contributed by atoms with Crippen LogP contribution in [0, 0.1) is 11.6 Å². The van der Waals surface area contributed by atoms with E-state index in [9.17, 15) is 13.6 Å². The van der Waals surface area contributed by atoms with Gasteiger partial charge in [0.05, 0.1) is 17.9 Å². The SMILES string of the molecule is O=C(CN1CCN(CCCC(c2ccc(F)cc2)c2ccc(F)cc2)CC1)Nc1ccccc1-n1cccc1. The van der Waals surface area contributed by atoms with Gasteiger partial charge in [-0.2, -0.15) is 0 Å². The van der Waals surface area contributed by atoms with Crippen molar-refractivity contribution in [3.05, 3.63) is 120 Å². The summed E-state index contributed by atoms with van der Waals surface area (Å²) in [6.45, 7) is 4.81. The number of benzene rings is 3. The van der Waals surface area contributed by atoms with Gasteiger partial charge in [-0.05, 0) is 79.0 Å². The molecule has 1 amide bonds. The van der Waals surface area contributed by atoms with E-state index in [1.807, 2.05) is 77.6 Å². The lowest BCUT2D eigenvalue weighted by Gasteiger charge is -2.34. The fraction of sp³-hybridized carbons (Fsp3) is 0.281. The number of rotatable bonds is 10. The number of anilines is 1. The molecule has 0 atom stereocenters. The Bertz CT molecular complexity index is 1290. The van der Waals surface area contributed by atoms with Gasteiger partial charge in [0.1, 0.15) is 11.6 Å².